The number of aliphatic hydroxyl groups excluding tert-OH is 1. The average molecular weight is 318 g/mol. The van der Waals surface area contributed by atoms with Crippen LogP contribution in [-0.2, 0) is 14.3 Å². The maximum atomic E-state index is 12.0. The van der Waals surface area contributed by atoms with Gasteiger partial charge in [-0.15, -0.1) is 0 Å². The van der Waals surface area contributed by atoms with E-state index >= 15 is 0 Å². The highest BCUT2D eigenvalue weighted by Gasteiger charge is 2.44. The van der Waals surface area contributed by atoms with Crippen LogP contribution in [0.2, 0.25) is 0 Å². The molecule has 0 aliphatic rings. The van der Waals surface area contributed by atoms with Crippen LogP contribution < -0.4 is 0 Å². The van der Waals surface area contributed by atoms with Crippen LogP contribution in [-0.4, -0.2) is 49.2 Å². The van der Waals surface area contributed by atoms with Crippen molar-refractivity contribution in [2.24, 2.45) is 16.2 Å². The maximum absolute atomic E-state index is 12.0. The number of aliphatic carboxylic acids is 1. The van der Waals surface area contributed by atoms with Gasteiger partial charge in [0.1, 0.15) is 0 Å². The van der Waals surface area contributed by atoms with Crippen LogP contribution in [0.15, 0.2) is 0 Å². The van der Waals surface area contributed by atoms with Crippen molar-refractivity contribution in [3.63, 3.8) is 0 Å². The summed E-state index contributed by atoms with van der Waals surface area (Å²) in [6.07, 6.45) is 1.12. The van der Waals surface area contributed by atoms with Crippen molar-refractivity contribution in [3.8, 4) is 0 Å². The van der Waals surface area contributed by atoms with Crippen molar-refractivity contribution in [1.82, 2.24) is 0 Å². The van der Waals surface area contributed by atoms with Crippen LogP contribution in [0.25, 0.3) is 0 Å². The summed E-state index contributed by atoms with van der Waals surface area (Å²) in [6, 6.07) is 0. The van der Waals surface area contributed by atoms with E-state index in [2.05, 4.69) is 41.5 Å². The van der Waals surface area contributed by atoms with Gasteiger partial charge >= 0.3 is 5.97 Å². The third kappa shape index (κ3) is 9.38. The maximum Gasteiger partial charge on any atom is 0.312 e. The molecule has 0 amide bonds. The Kier molecular flexibility index (Phi) is 8.58. The van der Waals surface area contributed by atoms with E-state index in [9.17, 15) is 9.90 Å². The lowest BCUT2D eigenvalue weighted by atomic mass is 9.66. The quantitative estimate of drug-likeness (QED) is 0.606. The van der Waals surface area contributed by atoms with Crippen LogP contribution in [0.1, 0.15) is 54.4 Å². The normalized spacial score (nSPS) is 13.4. The second-order valence-corrected chi connectivity index (χ2v) is 8.45. The predicted molar refractivity (Wildman–Crippen MR) is 86.9 cm³/mol. The Hall–Kier alpha value is -0.650. The topological polar surface area (TPSA) is 76.0 Å². The third-order valence-electron chi connectivity index (χ3n) is 3.18. The molecule has 0 aliphatic heterocycles. The first-order valence-electron chi connectivity index (χ1n) is 7.92. The molecule has 0 atom stereocenters. The van der Waals surface area contributed by atoms with Crippen molar-refractivity contribution >= 4 is 5.97 Å². The van der Waals surface area contributed by atoms with Crippen LogP contribution in [0.5, 0.6) is 0 Å². The number of aliphatic hydroxyl groups is 1. The molecule has 0 aromatic heterocycles. The number of hydrogen-bond donors (Lipinski definition) is 2. The van der Waals surface area contributed by atoms with Crippen LogP contribution in [0.4, 0.5) is 0 Å². The molecule has 132 valence electrons. The standard InChI is InChI=1S/C17H34O5/c1-15(2,3)11-17(14(19)20,12-16(4,5)6)13-22-10-9-21-8-7-18/h18H,7-13H2,1-6H3,(H,19,20). The van der Waals surface area contributed by atoms with E-state index in [-0.39, 0.29) is 30.7 Å². The fraction of sp³-hybridized carbons (Fsp3) is 0.941. The molecule has 0 aromatic rings. The molecule has 0 saturated carbocycles. The smallest absolute Gasteiger partial charge is 0.312 e. The summed E-state index contributed by atoms with van der Waals surface area (Å²) in [5, 5.41) is 18.5. The molecule has 0 saturated heterocycles. The number of carboxylic acids is 1. The molecule has 0 unspecified atom stereocenters. The first-order chi connectivity index (χ1) is 9.92. The Morgan fingerprint density at radius 3 is 1.68 bits per heavy atom. The summed E-state index contributed by atoms with van der Waals surface area (Å²) < 4.78 is 10.7. The molecular formula is C17H34O5. The highest BCUT2D eigenvalue weighted by molar-refractivity contribution is 5.75. The number of hydrogen-bond acceptors (Lipinski definition) is 4. The molecule has 0 fully saturated rings. The van der Waals surface area contributed by atoms with Gasteiger partial charge in [0, 0.05) is 0 Å². The SMILES string of the molecule is CC(C)(C)CC(COCCOCCO)(CC(C)(C)C)C(=O)O. The zero-order chi connectivity index (χ0) is 17.4. The Balaban J connectivity index is 4.85. The minimum atomic E-state index is -0.895. The summed E-state index contributed by atoms with van der Waals surface area (Å²) in [4.78, 5) is 12.0. The van der Waals surface area contributed by atoms with E-state index in [1.54, 1.807) is 0 Å². The molecule has 2 N–H and O–H groups in total. The van der Waals surface area contributed by atoms with E-state index < -0.39 is 11.4 Å². The molecule has 0 aromatic carbocycles. The van der Waals surface area contributed by atoms with Crippen molar-refractivity contribution in [3.05, 3.63) is 0 Å². The molecule has 0 aliphatic carbocycles. The summed E-state index contributed by atoms with van der Waals surface area (Å²) in [6.45, 7) is 13.5. The molecule has 0 heterocycles. The predicted octanol–water partition coefficient (Wildman–Crippen LogP) is 2.96. The lowest BCUT2D eigenvalue weighted by Gasteiger charge is -2.39. The molecule has 5 heteroatoms. The monoisotopic (exact) mass is 318 g/mol. The minimum Gasteiger partial charge on any atom is -0.481 e. The van der Waals surface area contributed by atoms with Gasteiger partial charge in [-0.1, -0.05) is 41.5 Å². The fourth-order valence-electron chi connectivity index (χ4n) is 2.96. The zero-order valence-corrected chi connectivity index (χ0v) is 15.1. The summed E-state index contributed by atoms with van der Waals surface area (Å²) >= 11 is 0. The Bertz CT molecular complexity index is 309. The van der Waals surface area contributed by atoms with Crippen LogP contribution in [0.3, 0.4) is 0 Å². The Labute approximate surface area is 135 Å². The van der Waals surface area contributed by atoms with Gasteiger partial charge in [-0.3, -0.25) is 4.79 Å². The number of carboxylic acid groups (broad SMARTS) is 1. The molecule has 0 rings (SSSR count). The molecule has 0 radical (unpaired) electrons. The van der Waals surface area contributed by atoms with Crippen LogP contribution >= 0.6 is 0 Å². The van der Waals surface area contributed by atoms with Gasteiger partial charge in [-0.05, 0) is 23.7 Å². The van der Waals surface area contributed by atoms with E-state index in [0.29, 0.717) is 26.1 Å². The fourth-order valence-corrected chi connectivity index (χ4v) is 2.96. The van der Waals surface area contributed by atoms with Gasteiger partial charge in [0.05, 0.1) is 38.4 Å². The molecule has 22 heavy (non-hydrogen) atoms. The molecule has 0 spiro atoms. The van der Waals surface area contributed by atoms with Gasteiger partial charge in [-0.25, -0.2) is 0 Å². The summed E-state index contributed by atoms with van der Waals surface area (Å²) in [5.74, 6) is -0.798. The average Bonchev–Trinajstić information content (AvgIpc) is 2.29. The number of carbonyl (C=O) groups is 1. The van der Waals surface area contributed by atoms with Gasteiger partial charge in [0.25, 0.3) is 0 Å². The van der Waals surface area contributed by atoms with Crippen molar-refractivity contribution < 1.29 is 24.5 Å². The van der Waals surface area contributed by atoms with Gasteiger partial charge < -0.3 is 19.7 Å². The van der Waals surface area contributed by atoms with Crippen molar-refractivity contribution in [2.75, 3.05) is 33.0 Å². The summed E-state index contributed by atoms with van der Waals surface area (Å²) in [5.41, 5.74) is -1.09. The Morgan fingerprint density at radius 1 is 0.864 bits per heavy atom. The van der Waals surface area contributed by atoms with E-state index in [0.717, 1.165) is 0 Å². The minimum absolute atomic E-state index is 0.0207. The highest BCUT2D eigenvalue weighted by Crippen LogP contribution is 2.42. The number of rotatable bonds is 10. The van der Waals surface area contributed by atoms with E-state index in [1.807, 2.05) is 0 Å². The summed E-state index contributed by atoms with van der Waals surface area (Å²) in [7, 11) is 0. The van der Waals surface area contributed by atoms with Crippen LogP contribution in [0, 0.1) is 16.2 Å². The molecule has 5 nitrogen and oxygen atoms in total. The first-order valence-corrected chi connectivity index (χ1v) is 7.92. The lowest BCUT2D eigenvalue weighted by molar-refractivity contribution is -0.159. The third-order valence-corrected chi connectivity index (χ3v) is 3.18. The van der Waals surface area contributed by atoms with E-state index in [1.165, 1.54) is 0 Å². The van der Waals surface area contributed by atoms with E-state index in [4.69, 9.17) is 14.6 Å². The van der Waals surface area contributed by atoms with Gasteiger partial charge in [-0.2, -0.15) is 0 Å². The Morgan fingerprint density at radius 2 is 1.32 bits per heavy atom. The van der Waals surface area contributed by atoms with Crippen molar-refractivity contribution in [1.29, 1.82) is 0 Å². The second kappa shape index (κ2) is 8.85. The molecular weight excluding hydrogens is 284 g/mol. The largest absolute Gasteiger partial charge is 0.481 e. The van der Waals surface area contributed by atoms with Crippen molar-refractivity contribution in [2.45, 2.75) is 54.4 Å². The lowest BCUT2D eigenvalue weighted by Crippen LogP contribution is -2.42. The van der Waals surface area contributed by atoms with Gasteiger partial charge in [0.15, 0.2) is 0 Å². The first kappa shape index (κ1) is 21.4. The zero-order valence-electron chi connectivity index (χ0n) is 15.1. The van der Waals surface area contributed by atoms with Gasteiger partial charge in [0.2, 0.25) is 0 Å². The second-order valence-electron chi connectivity index (χ2n) is 8.45. The molecule has 0 bridgehead atoms. The number of ether oxygens (including phenoxy) is 2. The highest BCUT2D eigenvalue weighted by atomic mass is 16.5.